The highest BCUT2D eigenvalue weighted by Gasteiger charge is 2.34. The van der Waals surface area contributed by atoms with Crippen molar-refractivity contribution in [3.63, 3.8) is 0 Å². The van der Waals surface area contributed by atoms with E-state index >= 15 is 0 Å². The molecule has 3 N–H and O–H groups in total. The molecule has 1 heterocycles. The van der Waals surface area contributed by atoms with Crippen LogP contribution in [0.1, 0.15) is 24.0 Å². The number of hydrogen-bond donors (Lipinski definition) is 3. The maximum absolute atomic E-state index is 13.4. The Bertz CT molecular complexity index is 1100. The maximum atomic E-state index is 13.4. The van der Waals surface area contributed by atoms with Gasteiger partial charge in [0.1, 0.15) is 5.75 Å². The lowest BCUT2D eigenvalue weighted by Gasteiger charge is -2.31. The van der Waals surface area contributed by atoms with E-state index in [4.69, 9.17) is 0 Å². The van der Waals surface area contributed by atoms with Crippen molar-refractivity contribution in [2.45, 2.75) is 12.8 Å². The number of para-hydroxylation sites is 1. The summed E-state index contributed by atoms with van der Waals surface area (Å²) < 4.78 is 0. The van der Waals surface area contributed by atoms with Crippen molar-refractivity contribution in [2.75, 3.05) is 29.6 Å². The molecule has 5 heteroatoms. The number of amides is 1. The molecule has 1 atom stereocenters. The van der Waals surface area contributed by atoms with Gasteiger partial charge >= 0.3 is 0 Å². The molecular formula is C25H25N3O2. The second-order valence-corrected chi connectivity index (χ2v) is 7.64. The first-order chi connectivity index (χ1) is 14.5. The fourth-order valence-corrected chi connectivity index (χ4v) is 3.92. The highest BCUT2D eigenvalue weighted by atomic mass is 16.3. The molecule has 5 nitrogen and oxygen atoms in total. The first-order valence-corrected chi connectivity index (χ1v) is 9.89. The van der Waals surface area contributed by atoms with E-state index in [1.165, 1.54) is 0 Å². The molecule has 1 amide bonds. The molecule has 1 aliphatic heterocycles. The number of benzene rings is 3. The molecule has 0 spiro atoms. The average molecular weight is 399 g/mol. The number of allylic oxidation sites excluding steroid dienone is 1. The number of fused-ring (bicyclic) bond motifs is 1. The summed E-state index contributed by atoms with van der Waals surface area (Å²) >= 11 is 0. The molecule has 0 fully saturated rings. The van der Waals surface area contributed by atoms with Crippen LogP contribution >= 0.6 is 0 Å². The van der Waals surface area contributed by atoms with E-state index in [9.17, 15) is 9.90 Å². The van der Waals surface area contributed by atoms with Crippen molar-refractivity contribution in [2.24, 2.45) is 0 Å². The number of rotatable bonds is 4. The summed E-state index contributed by atoms with van der Waals surface area (Å²) in [6.07, 6.45) is 0. The van der Waals surface area contributed by atoms with E-state index in [1.54, 1.807) is 12.1 Å². The number of nitrogens with zero attached hydrogens (tertiary/aromatic N) is 1. The molecule has 4 rings (SSSR count). The number of carbonyl (C=O) groups excluding carboxylic acids is 1. The molecule has 30 heavy (non-hydrogen) atoms. The predicted molar refractivity (Wildman–Crippen MR) is 122 cm³/mol. The quantitative estimate of drug-likeness (QED) is 0.582. The normalized spacial score (nSPS) is 15.2. The minimum Gasteiger partial charge on any atom is -0.508 e. The number of carbonyl (C=O) groups is 1. The van der Waals surface area contributed by atoms with Gasteiger partial charge in [0.05, 0.1) is 0 Å². The van der Waals surface area contributed by atoms with Gasteiger partial charge in [0.2, 0.25) is 0 Å². The Morgan fingerprint density at radius 2 is 1.67 bits per heavy atom. The molecule has 0 bridgehead atoms. The lowest BCUT2D eigenvalue weighted by atomic mass is 9.79. The molecule has 1 unspecified atom stereocenters. The first kappa shape index (κ1) is 19.6. The SMILES string of the molecule is CC1=C(C(=O)Nc2ccccc2)C(c2ccc(N(C)C)cc2)c2c(O)cccc2N1. The van der Waals surface area contributed by atoms with Gasteiger partial charge in [-0.3, -0.25) is 4.79 Å². The maximum Gasteiger partial charge on any atom is 0.254 e. The largest absolute Gasteiger partial charge is 0.508 e. The van der Waals surface area contributed by atoms with Crippen molar-refractivity contribution in [1.82, 2.24) is 0 Å². The van der Waals surface area contributed by atoms with Crippen LogP contribution in [-0.4, -0.2) is 25.1 Å². The van der Waals surface area contributed by atoms with Crippen LogP contribution in [-0.2, 0) is 4.79 Å². The zero-order valence-corrected chi connectivity index (χ0v) is 17.3. The molecule has 3 aromatic carbocycles. The van der Waals surface area contributed by atoms with Crippen LogP contribution in [0.15, 0.2) is 84.1 Å². The molecule has 0 aromatic heterocycles. The van der Waals surface area contributed by atoms with Crippen molar-refractivity contribution in [1.29, 1.82) is 0 Å². The van der Waals surface area contributed by atoms with E-state index in [0.717, 1.165) is 28.3 Å². The number of phenolic OH excluding ortho intramolecular Hbond substituents is 1. The smallest absolute Gasteiger partial charge is 0.254 e. The van der Waals surface area contributed by atoms with Crippen molar-refractivity contribution in [3.05, 3.63) is 95.2 Å². The average Bonchev–Trinajstić information content (AvgIpc) is 2.73. The Balaban J connectivity index is 1.82. The highest BCUT2D eigenvalue weighted by molar-refractivity contribution is 6.07. The Morgan fingerprint density at radius 3 is 2.33 bits per heavy atom. The summed E-state index contributed by atoms with van der Waals surface area (Å²) in [7, 11) is 3.98. The van der Waals surface area contributed by atoms with Gasteiger partial charge in [-0.1, -0.05) is 36.4 Å². The first-order valence-electron chi connectivity index (χ1n) is 9.89. The van der Waals surface area contributed by atoms with E-state index in [0.29, 0.717) is 11.1 Å². The van der Waals surface area contributed by atoms with Gasteiger partial charge in [0, 0.05) is 53.9 Å². The number of hydrogen-bond acceptors (Lipinski definition) is 4. The molecule has 152 valence electrons. The third-order valence-electron chi connectivity index (χ3n) is 5.41. The third-order valence-corrected chi connectivity index (χ3v) is 5.41. The van der Waals surface area contributed by atoms with Crippen molar-refractivity contribution >= 4 is 23.0 Å². The summed E-state index contributed by atoms with van der Waals surface area (Å²) in [5, 5.41) is 17.0. The lowest BCUT2D eigenvalue weighted by molar-refractivity contribution is -0.113. The van der Waals surface area contributed by atoms with E-state index < -0.39 is 0 Å². The van der Waals surface area contributed by atoms with Gasteiger partial charge < -0.3 is 20.6 Å². The topological polar surface area (TPSA) is 64.6 Å². The van der Waals surface area contributed by atoms with Gasteiger partial charge in [0.15, 0.2) is 0 Å². The molecule has 0 aliphatic carbocycles. The lowest BCUT2D eigenvalue weighted by Crippen LogP contribution is -2.27. The molecule has 0 radical (unpaired) electrons. The van der Waals surface area contributed by atoms with E-state index in [1.807, 2.05) is 86.6 Å². The van der Waals surface area contributed by atoms with Crippen LogP contribution in [0.4, 0.5) is 17.1 Å². The van der Waals surface area contributed by atoms with Crippen LogP contribution in [0.25, 0.3) is 0 Å². The number of nitrogens with one attached hydrogen (secondary N) is 2. The molecule has 3 aromatic rings. The summed E-state index contributed by atoms with van der Waals surface area (Å²) in [4.78, 5) is 15.4. The second-order valence-electron chi connectivity index (χ2n) is 7.64. The minimum atomic E-state index is -0.387. The summed E-state index contributed by atoms with van der Waals surface area (Å²) in [5.41, 5.74) is 5.62. The van der Waals surface area contributed by atoms with Gasteiger partial charge in [-0.2, -0.15) is 0 Å². The number of aromatic hydroxyl groups is 1. The Hall–Kier alpha value is -3.73. The second kappa shape index (κ2) is 7.95. The Labute approximate surface area is 176 Å². The summed E-state index contributed by atoms with van der Waals surface area (Å²) in [6, 6.07) is 22.9. The van der Waals surface area contributed by atoms with Gasteiger partial charge in [-0.05, 0) is 48.9 Å². The number of anilines is 3. The Morgan fingerprint density at radius 1 is 0.967 bits per heavy atom. The molecular weight excluding hydrogens is 374 g/mol. The van der Waals surface area contributed by atoms with Crippen LogP contribution in [0.3, 0.4) is 0 Å². The zero-order valence-electron chi connectivity index (χ0n) is 17.3. The van der Waals surface area contributed by atoms with E-state index in [2.05, 4.69) is 10.6 Å². The summed E-state index contributed by atoms with van der Waals surface area (Å²) in [5.74, 6) is -0.414. The number of phenols is 1. The standard InChI is InChI=1S/C25H25N3O2/c1-16-22(25(30)27-18-8-5-4-6-9-18)23(17-12-14-19(15-13-17)28(2)3)24-20(26-16)10-7-11-21(24)29/h4-15,23,26,29H,1-3H3,(H,27,30). The van der Waals surface area contributed by atoms with Crippen LogP contribution in [0.5, 0.6) is 5.75 Å². The van der Waals surface area contributed by atoms with Gasteiger partial charge in [-0.15, -0.1) is 0 Å². The fraction of sp³-hybridized carbons (Fsp3) is 0.160. The zero-order chi connectivity index (χ0) is 21.3. The minimum absolute atomic E-state index is 0.166. The van der Waals surface area contributed by atoms with Crippen molar-refractivity contribution < 1.29 is 9.90 Å². The highest BCUT2D eigenvalue weighted by Crippen LogP contribution is 2.46. The molecule has 1 aliphatic rings. The van der Waals surface area contributed by atoms with Crippen LogP contribution < -0.4 is 15.5 Å². The van der Waals surface area contributed by atoms with Crippen molar-refractivity contribution in [3.8, 4) is 5.75 Å². The van der Waals surface area contributed by atoms with E-state index in [-0.39, 0.29) is 17.6 Å². The van der Waals surface area contributed by atoms with Crippen LogP contribution in [0.2, 0.25) is 0 Å². The molecule has 0 saturated heterocycles. The van der Waals surface area contributed by atoms with Gasteiger partial charge in [-0.25, -0.2) is 0 Å². The Kier molecular flexibility index (Phi) is 5.19. The van der Waals surface area contributed by atoms with Crippen LogP contribution in [0, 0.1) is 0 Å². The third kappa shape index (κ3) is 3.62. The summed E-state index contributed by atoms with van der Waals surface area (Å²) in [6.45, 7) is 1.90. The predicted octanol–water partition coefficient (Wildman–Crippen LogP) is 4.93. The molecule has 0 saturated carbocycles. The fourth-order valence-electron chi connectivity index (χ4n) is 3.92. The van der Waals surface area contributed by atoms with Gasteiger partial charge in [0.25, 0.3) is 5.91 Å². The monoisotopic (exact) mass is 399 g/mol.